The largest absolute Gasteiger partial charge is 0.381 e. The molecule has 7 heteroatoms. The maximum Gasteiger partial charge on any atom is 0.257 e. The second-order valence-electron chi connectivity index (χ2n) is 5.59. The zero-order valence-corrected chi connectivity index (χ0v) is 14.8. The number of nitrogens with one attached hydrogen (secondary N) is 1. The quantitative estimate of drug-likeness (QED) is 0.847. The van der Waals surface area contributed by atoms with Crippen molar-refractivity contribution in [2.75, 3.05) is 18.5 Å². The average molecular weight is 399 g/mol. The van der Waals surface area contributed by atoms with Crippen LogP contribution in [0.5, 0.6) is 0 Å². The Morgan fingerprint density at radius 3 is 3.00 bits per heavy atom. The van der Waals surface area contributed by atoms with Gasteiger partial charge in [0.1, 0.15) is 0 Å². The second kappa shape index (κ2) is 7.47. The molecule has 0 unspecified atom stereocenters. The molecule has 3 rings (SSSR count). The number of nitrogens with zero attached hydrogens (tertiary/aromatic N) is 2. The van der Waals surface area contributed by atoms with Crippen molar-refractivity contribution in [3.63, 3.8) is 0 Å². The van der Waals surface area contributed by atoms with Gasteiger partial charge in [0.25, 0.3) is 5.91 Å². The summed E-state index contributed by atoms with van der Waals surface area (Å²) >= 11 is 9.42. The predicted molar refractivity (Wildman–Crippen MR) is 92.9 cm³/mol. The van der Waals surface area contributed by atoms with Crippen LogP contribution in [-0.4, -0.2) is 28.9 Å². The number of amides is 1. The van der Waals surface area contributed by atoms with Crippen LogP contribution in [0.3, 0.4) is 0 Å². The third kappa shape index (κ3) is 4.34. The van der Waals surface area contributed by atoms with Gasteiger partial charge in [-0.3, -0.25) is 9.48 Å². The summed E-state index contributed by atoms with van der Waals surface area (Å²) in [6, 6.07) is 5.18. The lowest BCUT2D eigenvalue weighted by molar-refractivity contribution is 0.0601. The molecule has 1 aliphatic rings. The number of hydrogen-bond acceptors (Lipinski definition) is 3. The Morgan fingerprint density at radius 2 is 2.22 bits per heavy atom. The Bertz CT molecular complexity index is 698. The SMILES string of the molecule is O=C(Nc1cnn(CC2CCOCC2)c1)c1cc(Br)ccc1Cl. The van der Waals surface area contributed by atoms with Crippen molar-refractivity contribution in [3.8, 4) is 0 Å². The van der Waals surface area contributed by atoms with Crippen LogP contribution in [0.1, 0.15) is 23.2 Å². The van der Waals surface area contributed by atoms with Gasteiger partial charge in [-0.25, -0.2) is 0 Å². The van der Waals surface area contributed by atoms with Crippen molar-refractivity contribution < 1.29 is 9.53 Å². The van der Waals surface area contributed by atoms with Crippen LogP contribution >= 0.6 is 27.5 Å². The maximum absolute atomic E-state index is 12.3. The molecule has 122 valence electrons. The fraction of sp³-hybridized carbons (Fsp3) is 0.375. The van der Waals surface area contributed by atoms with Crippen molar-refractivity contribution in [2.45, 2.75) is 19.4 Å². The van der Waals surface area contributed by atoms with Gasteiger partial charge in [-0.1, -0.05) is 27.5 Å². The monoisotopic (exact) mass is 397 g/mol. The van der Waals surface area contributed by atoms with E-state index in [0.717, 1.165) is 37.1 Å². The molecular formula is C16H17BrClN3O2. The molecule has 2 heterocycles. The van der Waals surface area contributed by atoms with Crippen LogP contribution < -0.4 is 5.32 Å². The molecule has 0 aliphatic carbocycles. The first kappa shape index (κ1) is 16.5. The molecule has 0 spiro atoms. The number of anilines is 1. The van der Waals surface area contributed by atoms with Gasteiger partial charge in [0.2, 0.25) is 0 Å². The molecule has 0 bridgehead atoms. The van der Waals surface area contributed by atoms with E-state index >= 15 is 0 Å². The van der Waals surface area contributed by atoms with E-state index in [1.807, 2.05) is 10.9 Å². The van der Waals surface area contributed by atoms with Gasteiger partial charge in [0.15, 0.2) is 0 Å². The fourth-order valence-corrected chi connectivity index (χ4v) is 3.16. The van der Waals surface area contributed by atoms with Crippen molar-refractivity contribution >= 4 is 39.1 Å². The first-order chi connectivity index (χ1) is 11.1. The molecule has 1 amide bonds. The van der Waals surface area contributed by atoms with E-state index in [-0.39, 0.29) is 5.91 Å². The summed E-state index contributed by atoms with van der Waals surface area (Å²) in [5, 5.41) is 7.56. The minimum atomic E-state index is -0.248. The van der Waals surface area contributed by atoms with Crippen LogP contribution in [-0.2, 0) is 11.3 Å². The maximum atomic E-state index is 12.3. The highest BCUT2D eigenvalue weighted by atomic mass is 79.9. The molecule has 23 heavy (non-hydrogen) atoms. The number of carbonyl (C=O) groups excluding carboxylic acids is 1. The first-order valence-electron chi connectivity index (χ1n) is 7.48. The summed E-state index contributed by atoms with van der Waals surface area (Å²) in [6.07, 6.45) is 5.60. The third-order valence-electron chi connectivity index (χ3n) is 3.85. The van der Waals surface area contributed by atoms with E-state index in [4.69, 9.17) is 16.3 Å². The molecule has 1 aromatic carbocycles. The number of halogens is 2. The summed E-state index contributed by atoms with van der Waals surface area (Å²) in [5.74, 6) is 0.327. The summed E-state index contributed by atoms with van der Waals surface area (Å²) in [6.45, 7) is 2.48. The number of hydrogen-bond donors (Lipinski definition) is 1. The van der Waals surface area contributed by atoms with Crippen LogP contribution in [0.25, 0.3) is 0 Å². The van der Waals surface area contributed by atoms with E-state index in [0.29, 0.717) is 22.2 Å². The second-order valence-corrected chi connectivity index (χ2v) is 6.91. The highest BCUT2D eigenvalue weighted by Crippen LogP contribution is 2.22. The van der Waals surface area contributed by atoms with Gasteiger partial charge in [-0.05, 0) is 37.0 Å². The van der Waals surface area contributed by atoms with Crippen LogP contribution in [0.15, 0.2) is 35.1 Å². The molecule has 0 atom stereocenters. The van der Waals surface area contributed by atoms with Gasteiger partial charge < -0.3 is 10.1 Å². The zero-order valence-electron chi connectivity index (χ0n) is 12.5. The normalized spacial score (nSPS) is 15.6. The predicted octanol–water partition coefficient (Wildman–Crippen LogP) is 3.98. The summed E-state index contributed by atoms with van der Waals surface area (Å²) < 4.78 is 8.04. The van der Waals surface area contributed by atoms with Gasteiger partial charge in [0.05, 0.1) is 22.5 Å². The summed E-state index contributed by atoms with van der Waals surface area (Å²) in [5.41, 5.74) is 1.09. The lowest BCUT2D eigenvalue weighted by atomic mass is 10.0. The van der Waals surface area contributed by atoms with Crippen molar-refractivity contribution in [2.24, 2.45) is 5.92 Å². The molecule has 1 aromatic heterocycles. The van der Waals surface area contributed by atoms with E-state index < -0.39 is 0 Å². The molecule has 1 aliphatic heterocycles. The molecule has 1 fully saturated rings. The van der Waals surface area contributed by atoms with Gasteiger partial charge in [-0.15, -0.1) is 0 Å². The highest BCUT2D eigenvalue weighted by Gasteiger charge is 2.16. The van der Waals surface area contributed by atoms with E-state index in [9.17, 15) is 4.79 Å². The number of ether oxygens (including phenoxy) is 1. The average Bonchev–Trinajstić information content (AvgIpc) is 2.97. The van der Waals surface area contributed by atoms with Crippen molar-refractivity contribution in [1.29, 1.82) is 0 Å². The van der Waals surface area contributed by atoms with Gasteiger partial charge in [-0.2, -0.15) is 5.10 Å². The Balaban J connectivity index is 1.64. The number of rotatable bonds is 4. The lowest BCUT2D eigenvalue weighted by Crippen LogP contribution is -2.20. The topological polar surface area (TPSA) is 56.2 Å². The van der Waals surface area contributed by atoms with Gasteiger partial charge in [0, 0.05) is 30.4 Å². The van der Waals surface area contributed by atoms with E-state index in [1.54, 1.807) is 24.4 Å². The fourth-order valence-electron chi connectivity index (χ4n) is 2.59. The smallest absolute Gasteiger partial charge is 0.257 e. The Morgan fingerprint density at radius 1 is 1.43 bits per heavy atom. The minimum Gasteiger partial charge on any atom is -0.381 e. The molecule has 0 saturated carbocycles. The number of aromatic nitrogens is 2. The van der Waals surface area contributed by atoms with Crippen molar-refractivity contribution in [3.05, 3.63) is 45.7 Å². The standard InChI is InChI=1S/C16H17BrClN3O2/c17-12-1-2-15(18)14(7-12)16(22)20-13-8-19-21(10-13)9-11-3-5-23-6-4-11/h1-2,7-8,10-11H,3-6,9H2,(H,20,22). The van der Waals surface area contributed by atoms with Crippen LogP contribution in [0.2, 0.25) is 5.02 Å². The van der Waals surface area contributed by atoms with Gasteiger partial charge >= 0.3 is 0 Å². The lowest BCUT2D eigenvalue weighted by Gasteiger charge is -2.21. The van der Waals surface area contributed by atoms with Crippen LogP contribution in [0, 0.1) is 5.92 Å². The van der Waals surface area contributed by atoms with E-state index in [1.165, 1.54) is 0 Å². The Hall–Kier alpha value is -1.37. The highest BCUT2D eigenvalue weighted by molar-refractivity contribution is 9.10. The molecule has 5 nitrogen and oxygen atoms in total. The Kier molecular flexibility index (Phi) is 5.35. The first-order valence-corrected chi connectivity index (χ1v) is 8.65. The molecule has 2 aromatic rings. The zero-order chi connectivity index (χ0) is 16.2. The minimum absolute atomic E-state index is 0.248. The summed E-state index contributed by atoms with van der Waals surface area (Å²) in [7, 11) is 0. The van der Waals surface area contributed by atoms with Crippen molar-refractivity contribution in [1.82, 2.24) is 9.78 Å². The third-order valence-corrected chi connectivity index (χ3v) is 4.67. The molecular weight excluding hydrogens is 382 g/mol. The van der Waals surface area contributed by atoms with E-state index in [2.05, 4.69) is 26.3 Å². The number of benzene rings is 1. The Labute approximate surface area is 148 Å². The molecule has 1 saturated heterocycles. The molecule has 1 N–H and O–H groups in total. The number of carbonyl (C=O) groups is 1. The molecule has 0 radical (unpaired) electrons. The van der Waals surface area contributed by atoms with Crippen LogP contribution in [0.4, 0.5) is 5.69 Å². The summed E-state index contributed by atoms with van der Waals surface area (Å²) in [4.78, 5) is 12.3.